The van der Waals surface area contributed by atoms with Gasteiger partial charge in [-0.2, -0.15) is 0 Å². The molecule has 0 fully saturated rings. The van der Waals surface area contributed by atoms with Crippen LogP contribution in [0.5, 0.6) is 0 Å². The number of carbonyl (C=O) groups is 2. The Morgan fingerprint density at radius 1 is 1.35 bits per heavy atom. The second kappa shape index (κ2) is 9.19. The van der Waals surface area contributed by atoms with Crippen LogP contribution in [-0.4, -0.2) is 24.6 Å². The zero-order chi connectivity index (χ0) is 15.0. The lowest BCUT2D eigenvalue weighted by molar-refractivity contribution is -0.149. The number of halogens is 1. The molecule has 0 heterocycles. The summed E-state index contributed by atoms with van der Waals surface area (Å²) in [5.41, 5.74) is 0. The van der Waals surface area contributed by atoms with Gasteiger partial charge in [-0.05, 0) is 34.5 Å². The third kappa shape index (κ3) is 5.29. The Bertz CT molecular complexity index is 462. The molecular formula is C15H19BrO3S. The van der Waals surface area contributed by atoms with Gasteiger partial charge in [0.2, 0.25) is 0 Å². The third-order valence-electron chi connectivity index (χ3n) is 2.93. The Hall–Kier alpha value is -0.810. The fraction of sp³-hybridized carbons (Fsp3) is 0.467. The predicted molar refractivity (Wildman–Crippen MR) is 84.9 cm³/mol. The Morgan fingerprint density at radius 2 is 2.05 bits per heavy atom. The first-order chi connectivity index (χ1) is 9.60. The summed E-state index contributed by atoms with van der Waals surface area (Å²) in [5, 5.41) is 0. The molecule has 1 rings (SSSR count). The molecule has 0 aliphatic rings. The summed E-state index contributed by atoms with van der Waals surface area (Å²) in [5.74, 6) is -0.830. The monoisotopic (exact) mass is 358 g/mol. The lowest BCUT2D eigenvalue weighted by atomic mass is 9.98. The molecule has 3 nitrogen and oxygen atoms in total. The third-order valence-corrected chi connectivity index (χ3v) is 4.98. The van der Waals surface area contributed by atoms with Crippen molar-refractivity contribution >= 4 is 39.4 Å². The van der Waals surface area contributed by atoms with E-state index in [1.807, 2.05) is 31.2 Å². The van der Waals surface area contributed by atoms with Gasteiger partial charge in [0.05, 0.1) is 12.9 Å². The Balaban J connectivity index is 2.62. The molecule has 5 heteroatoms. The van der Waals surface area contributed by atoms with E-state index in [1.54, 1.807) is 0 Å². The highest BCUT2D eigenvalue weighted by Gasteiger charge is 2.26. The van der Waals surface area contributed by atoms with Crippen molar-refractivity contribution in [3.05, 3.63) is 28.7 Å². The van der Waals surface area contributed by atoms with Crippen molar-refractivity contribution in [3.63, 3.8) is 0 Å². The quantitative estimate of drug-likeness (QED) is 0.398. The van der Waals surface area contributed by atoms with Crippen LogP contribution in [0.2, 0.25) is 0 Å². The molecule has 0 saturated heterocycles. The maximum Gasteiger partial charge on any atom is 0.316 e. The first-order valence-electron chi connectivity index (χ1n) is 6.58. The van der Waals surface area contributed by atoms with Crippen LogP contribution in [0.1, 0.15) is 26.2 Å². The number of thioether (sulfide) groups is 1. The summed E-state index contributed by atoms with van der Waals surface area (Å²) in [7, 11) is 1.33. The molecule has 1 unspecified atom stereocenters. The minimum Gasteiger partial charge on any atom is -0.468 e. The number of ketones is 1. The van der Waals surface area contributed by atoms with Gasteiger partial charge in [0, 0.05) is 9.37 Å². The van der Waals surface area contributed by atoms with E-state index in [0.717, 1.165) is 22.2 Å². The van der Waals surface area contributed by atoms with Crippen LogP contribution in [0, 0.1) is 5.92 Å². The van der Waals surface area contributed by atoms with Gasteiger partial charge in [-0.15, -0.1) is 11.8 Å². The number of benzene rings is 1. The lowest BCUT2D eigenvalue weighted by Gasteiger charge is -2.13. The molecule has 20 heavy (non-hydrogen) atoms. The van der Waals surface area contributed by atoms with Crippen LogP contribution in [0.15, 0.2) is 33.6 Å². The molecule has 0 amide bonds. The fourth-order valence-corrected chi connectivity index (χ4v) is 3.28. The van der Waals surface area contributed by atoms with E-state index in [-0.39, 0.29) is 11.5 Å². The molecule has 1 atom stereocenters. The van der Waals surface area contributed by atoms with Crippen molar-refractivity contribution in [1.29, 1.82) is 0 Å². The van der Waals surface area contributed by atoms with Gasteiger partial charge >= 0.3 is 5.97 Å². The average molecular weight is 359 g/mol. The maximum absolute atomic E-state index is 12.2. The zero-order valence-corrected chi connectivity index (χ0v) is 14.1. The van der Waals surface area contributed by atoms with E-state index < -0.39 is 11.9 Å². The summed E-state index contributed by atoms with van der Waals surface area (Å²) >= 11 is 4.88. The van der Waals surface area contributed by atoms with Crippen molar-refractivity contribution in [2.45, 2.75) is 31.1 Å². The second-order valence-electron chi connectivity index (χ2n) is 4.40. The molecular weight excluding hydrogens is 340 g/mol. The molecule has 1 aromatic carbocycles. The average Bonchev–Trinajstić information content (AvgIpc) is 2.46. The van der Waals surface area contributed by atoms with Crippen LogP contribution >= 0.6 is 27.7 Å². The van der Waals surface area contributed by atoms with Crippen molar-refractivity contribution in [3.8, 4) is 0 Å². The Kier molecular flexibility index (Phi) is 7.92. The molecule has 1 aromatic rings. The standard InChI is InChI=1S/C15H19BrO3S/c1-3-4-7-11(15(18)19-2)13(17)10-20-14-9-6-5-8-12(14)16/h5-6,8-9,11H,3-4,7,10H2,1-2H3. The SMILES string of the molecule is CCCCC(C(=O)CSc1ccccc1Br)C(=O)OC. The number of hydrogen-bond donors (Lipinski definition) is 0. The topological polar surface area (TPSA) is 43.4 Å². The van der Waals surface area contributed by atoms with Crippen molar-refractivity contribution < 1.29 is 14.3 Å². The molecule has 0 aromatic heterocycles. The largest absolute Gasteiger partial charge is 0.468 e. The summed E-state index contributed by atoms with van der Waals surface area (Å²) in [6.45, 7) is 2.04. The number of esters is 1. The number of unbranched alkanes of at least 4 members (excludes halogenated alkanes) is 1. The molecule has 0 radical (unpaired) electrons. The van der Waals surface area contributed by atoms with Gasteiger partial charge in [-0.25, -0.2) is 0 Å². The highest BCUT2D eigenvalue weighted by atomic mass is 79.9. The van der Waals surface area contributed by atoms with Crippen LogP contribution < -0.4 is 0 Å². The van der Waals surface area contributed by atoms with Crippen LogP contribution in [0.3, 0.4) is 0 Å². The van der Waals surface area contributed by atoms with Crippen LogP contribution in [0.4, 0.5) is 0 Å². The maximum atomic E-state index is 12.2. The molecule has 0 saturated carbocycles. The first kappa shape index (κ1) is 17.2. The minimum absolute atomic E-state index is 0.0638. The van der Waals surface area contributed by atoms with Crippen molar-refractivity contribution in [2.24, 2.45) is 5.92 Å². The molecule has 0 aliphatic heterocycles. The van der Waals surface area contributed by atoms with E-state index in [4.69, 9.17) is 4.74 Å². The number of carbonyl (C=O) groups excluding carboxylic acids is 2. The van der Waals surface area contributed by atoms with E-state index in [2.05, 4.69) is 15.9 Å². The van der Waals surface area contributed by atoms with E-state index in [1.165, 1.54) is 18.9 Å². The van der Waals surface area contributed by atoms with E-state index >= 15 is 0 Å². The number of methoxy groups -OCH3 is 1. The molecule has 110 valence electrons. The first-order valence-corrected chi connectivity index (χ1v) is 8.35. The van der Waals surface area contributed by atoms with Gasteiger partial charge in [-0.1, -0.05) is 31.9 Å². The van der Waals surface area contributed by atoms with Gasteiger partial charge in [-0.3, -0.25) is 9.59 Å². The number of Topliss-reactive ketones (excluding diaryl/α,β-unsaturated/α-hetero) is 1. The van der Waals surface area contributed by atoms with Crippen LogP contribution in [0.25, 0.3) is 0 Å². The summed E-state index contributed by atoms with van der Waals surface area (Å²) in [6.07, 6.45) is 2.38. The highest BCUT2D eigenvalue weighted by molar-refractivity contribution is 9.10. The lowest BCUT2D eigenvalue weighted by Crippen LogP contribution is -2.26. The smallest absolute Gasteiger partial charge is 0.316 e. The number of hydrogen-bond acceptors (Lipinski definition) is 4. The molecule has 0 aliphatic carbocycles. The predicted octanol–water partition coefficient (Wildman–Crippen LogP) is 4.09. The van der Waals surface area contributed by atoms with Crippen molar-refractivity contribution in [2.75, 3.05) is 12.9 Å². The Morgan fingerprint density at radius 3 is 2.65 bits per heavy atom. The normalized spacial score (nSPS) is 11.9. The van der Waals surface area contributed by atoms with Gasteiger partial charge < -0.3 is 4.74 Å². The van der Waals surface area contributed by atoms with E-state index in [0.29, 0.717) is 6.42 Å². The minimum atomic E-state index is -0.630. The summed E-state index contributed by atoms with van der Waals surface area (Å²) < 4.78 is 5.69. The second-order valence-corrected chi connectivity index (χ2v) is 6.27. The Labute approximate surface area is 132 Å². The van der Waals surface area contributed by atoms with E-state index in [9.17, 15) is 9.59 Å². The number of rotatable bonds is 8. The summed E-state index contributed by atoms with van der Waals surface area (Å²) in [4.78, 5) is 24.9. The number of ether oxygens (including phenoxy) is 1. The molecule has 0 N–H and O–H groups in total. The summed E-state index contributed by atoms with van der Waals surface area (Å²) in [6, 6.07) is 7.73. The highest BCUT2D eigenvalue weighted by Crippen LogP contribution is 2.28. The molecule has 0 spiro atoms. The van der Waals surface area contributed by atoms with Gasteiger partial charge in [0.25, 0.3) is 0 Å². The fourth-order valence-electron chi connectivity index (χ4n) is 1.77. The molecule has 0 bridgehead atoms. The van der Waals surface area contributed by atoms with Gasteiger partial charge in [0.15, 0.2) is 5.78 Å². The van der Waals surface area contributed by atoms with Crippen molar-refractivity contribution in [1.82, 2.24) is 0 Å². The van der Waals surface area contributed by atoms with Crippen LogP contribution in [-0.2, 0) is 14.3 Å². The van der Waals surface area contributed by atoms with Gasteiger partial charge in [0.1, 0.15) is 5.92 Å². The zero-order valence-electron chi connectivity index (χ0n) is 11.7.